The van der Waals surface area contributed by atoms with Crippen LogP contribution in [0.3, 0.4) is 0 Å². The molecule has 0 N–H and O–H groups in total. The van der Waals surface area contributed by atoms with Crippen molar-refractivity contribution >= 4 is 39.0 Å². The average molecular weight is 301 g/mol. The summed E-state index contributed by atoms with van der Waals surface area (Å²) in [4.78, 5) is 9.82. The van der Waals surface area contributed by atoms with Gasteiger partial charge in [-0.1, -0.05) is 11.8 Å². The van der Waals surface area contributed by atoms with Gasteiger partial charge in [-0.15, -0.1) is 11.3 Å². The van der Waals surface area contributed by atoms with Crippen molar-refractivity contribution in [3.63, 3.8) is 0 Å². The first-order valence-electron chi connectivity index (χ1n) is 4.40. The van der Waals surface area contributed by atoms with Crippen molar-refractivity contribution in [2.45, 2.75) is 17.8 Å². The van der Waals surface area contributed by atoms with Crippen LogP contribution >= 0.6 is 39.0 Å². The number of thiophene rings is 1. The molecule has 0 unspecified atom stereocenters. The molecule has 0 aromatic carbocycles. The molecule has 0 saturated carbocycles. The van der Waals surface area contributed by atoms with Gasteiger partial charge in [-0.05, 0) is 40.5 Å². The summed E-state index contributed by atoms with van der Waals surface area (Å²) in [6.07, 6.45) is 3.69. The fraction of sp³-hybridized carbons (Fsp3) is 0.200. The second-order valence-electron chi connectivity index (χ2n) is 3.04. The molecule has 0 aliphatic heterocycles. The predicted octanol–water partition coefficient (Wildman–Crippen LogP) is 3.90. The van der Waals surface area contributed by atoms with Gasteiger partial charge in [-0.2, -0.15) is 0 Å². The van der Waals surface area contributed by atoms with Gasteiger partial charge in [0.1, 0.15) is 0 Å². The highest BCUT2D eigenvalue weighted by Gasteiger charge is 2.01. The summed E-state index contributed by atoms with van der Waals surface area (Å²) in [5.41, 5.74) is 1.10. The topological polar surface area (TPSA) is 25.8 Å². The molecule has 0 radical (unpaired) electrons. The minimum atomic E-state index is 0.838. The van der Waals surface area contributed by atoms with Gasteiger partial charge in [-0.25, -0.2) is 9.97 Å². The van der Waals surface area contributed by atoms with Gasteiger partial charge < -0.3 is 0 Å². The van der Waals surface area contributed by atoms with Crippen LogP contribution < -0.4 is 0 Å². The number of nitrogens with zero attached hydrogens (tertiary/aromatic N) is 2. The molecular formula is C10H9BrN2S2. The van der Waals surface area contributed by atoms with Gasteiger partial charge in [-0.3, -0.25) is 0 Å². The van der Waals surface area contributed by atoms with E-state index < -0.39 is 0 Å². The minimum Gasteiger partial charge on any atom is -0.231 e. The largest absolute Gasteiger partial charge is 0.231 e. The van der Waals surface area contributed by atoms with Crippen LogP contribution in [0, 0.1) is 6.92 Å². The lowest BCUT2D eigenvalue weighted by Crippen LogP contribution is -1.86. The minimum absolute atomic E-state index is 0.838. The lowest BCUT2D eigenvalue weighted by atomic mass is 10.4. The van der Waals surface area contributed by atoms with Crippen molar-refractivity contribution in [1.29, 1.82) is 0 Å². The van der Waals surface area contributed by atoms with Crippen LogP contribution in [0.15, 0.2) is 33.5 Å². The monoisotopic (exact) mass is 300 g/mol. The van der Waals surface area contributed by atoms with Crippen molar-refractivity contribution < 1.29 is 0 Å². The molecule has 2 nitrogen and oxygen atoms in total. The Balaban J connectivity index is 1.96. The van der Waals surface area contributed by atoms with E-state index in [1.165, 1.54) is 8.66 Å². The quantitative estimate of drug-likeness (QED) is 0.635. The summed E-state index contributed by atoms with van der Waals surface area (Å²) < 4.78 is 1.17. The molecule has 2 aromatic rings. The molecule has 0 aliphatic rings. The molecule has 2 aromatic heterocycles. The smallest absolute Gasteiger partial charge is 0.187 e. The summed E-state index contributed by atoms with van der Waals surface area (Å²) in [5.74, 6) is 0.930. The van der Waals surface area contributed by atoms with Crippen LogP contribution in [0.1, 0.15) is 10.4 Å². The van der Waals surface area contributed by atoms with E-state index in [4.69, 9.17) is 0 Å². The number of thioether (sulfide) groups is 1. The second kappa shape index (κ2) is 5.09. The SMILES string of the molecule is Cc1cnc(SCc2ccc(Br)s2)nc1. The van der Waals surface area contributed by atoms with Crippen LogP contribution in [0.2, 0.25) is 0 Å². The van der Waals surface area contributed by atoms with Crippen molar-refractivity contribution in [3.8, 4) is 0 Å². The molecule has 0 atom stereocenters. The van der Waals surface area contributed by atoms with Crippen LogP contribution in [-0.2, 0) is 5.75 Å². The van der Waals surface area contributed by atoms with Crippen molar-refractivity contribution in [2.24, 2.45) is 0 Å². The zero-order valence-electron chi connectivity index (χ0n) is 8.11. The number of aryl methyl sites for hydroxylation is 1. The van der Waals surface area contributed by atoms with Crippen molar-refractivity contribution in [2.75, 3.05) is 0 Å². The molecule has 0 fully saturated rings. The molecule has 78 valence electrons. The Hall–Kier alpha value is -0.390. The van der Waals surface area contributed by atoms with Gasteiger partial charge >= 0.3 is 0 Å². The second-order valence-corrected chi connectivity index (χ2v) is 6.53. The Morgan fingerprint density at radius 1 is 1.33 bits per heavy atom. The lowest BCUT2D eigenvalue weighted by molar-refractivity contribution is 0.950. The molecule has 0 spiro atoms. The number of aromatic nitrogens is 2. The third-order valence-corrected chi connectivity index (χ3v) is 4.46. The van der Waals surface area contributed by atoms with E-state index in [-0.39, 0.29) is 0 Å². The van der Waals surface area contributed by atoms with Crippen molar-refractivity contribution in [1.82, 2.24) is 9.97 Å². The Kier molecular flexibility index (Phi) is 3.77. The van der Waals surface area contributed by atoms with Crippen LogP contribution in [0.4, 0.5) is 0 Å². The highest BCUT2D eigenvalue weighted by molar-refractivity contribution is 9.11. The maximum absolute atomic E-state index is 4.24. The van der Waals surface area contributed by atoms with Crippen LogP contribution in [0.5, 0.6) is 0 Å². The van der Waals surface area contributed by atoms with E-state index >= 15 is 0 Å². The lowest BCUT2D eigenvalue weighted by Gasteiger charge is -1.97. The van der Waals surface area contributed by atoms with E-state index in [1.54, 1.807) is 23.1 Å². The van der Waals surface area contributed by atoms with E-state index in [0.717, 1.165) is 16.5 Å². The predicted molar refractivity (Wildman–Crippen MR) is 68.3 cm³/mol. The highest BCUT2D eigenvalue weighted by Crippen LogP contribution is 2.27. The van der Waals surface area contributed by atoms with E-state index in [2.05, 4.69) is 38.0 Å². The van der Waals surface area contributed by atoms with E-state index in [9.17, 15) is 0 Å². The molecule has 2 heterocycles. The first-order valence-corrected chi connectivity index (χ1v) is 6.99. The summed E-state index contributed by atoms with van der Waals surface area (Å²) >= 11 is 6.86. The third-order valence-electron chi connectivity index (χ3n) is 1.73. The molecule has 0 saturated heterocycles. The Bertz CT molecular complexity index is 439. The van der Waals surface area contributed by atoms with Gasteiger partial charge in [0.25, 0.3) is 0 Å². The number of rotatable bonds is 3. The van der Waals surface area contributed by atoms with Crippen LogP contribution in [0.25, 0.3) is 0 Å². The fourth-order valence-electron chi connectivity index (χ4n) is 1.02. The fourth-order valence-corrected chi connectivity index (χ4v) is 3.33. The summed E-state index contributed by atoms with van der Waals surface area (Å²) in [6, 6.07) is 4.19. The Labute approximate surface area is 105 Å². The summed E-state index contributed by atoms with van der Waals surface area (Å²) in [5, 5.41) is 0.838. The number of hydrogen-bond acceptors (Lipinski definition) is 4. The third kappa shape index (κ3) is 3.29. The first kappa shape index (κ1) is 11.1. The van der Waals surface area contributed by atoms with Gasteiger partial charge in [0.2, 0.25) is 0 Å². The summed E-state index contributed by atoms with van der Waals surface area (Å²) in [7, 11) is 0. The average Bonchev–Trinajstić information content (AvgIpc) is 2.64. The van der Waals surface area contributed by atoms with Crippen LogP contribution in [-0.4, -0.2) is 9.97 Å². The molecule has 0 bridgehead atoms. The normalized spacial score (nSPS) is 10.5. The van der Waals surface area contributed by atoms with Gasteiger partial charge in [0.15, 0.2) is 5.16 Å². The molecular weight excluding hydrogens is 292 g/mol. The molecule has 2 rings (SSSR count). The zero-order valence-corrected chi connectivity index (χ0v) is 11.3. The molecule has 0 aliphatic carbocycles. The first-order chi connectivity index (χ1) is 7.24. The molecule has 0 amide bonds. The number of hydrogen-bond donors (Lipinski definition) is 0. The van der Waals surface area contributed by atoms with Crippen molar-refractivity contribution in [3.05, 3.63) is 38.8 Å². The molecule has 15 heavy (non-hydrogen) atoms. The Morgan fingerprint density at radius 3 is 2.67 bits per heavy atom. The summed E-state index contributed by atoms with van der Waals surface area (Å²) in [6.45, 7) is 1.99. The van der Waals surface area contributed by atoms with E-state index in [1.807, 2.05) is 19.3 Å². The standard InChI is InChI=1S/C10H9BrN2S2/c1-7-4-12-10(13-5-7)14-6-8-2-3-9(11)15-8/h2-5H,6H2,1H3. The maximum Gasteiger partial charge on any atom is 0.187 e. The maximum atomic E-state index is 4.24. The zero-order chi connectivity index (χ0) is 10.7. The Morgan fingerprint density at radius 2 is 2.07 bits per heavy atom. The number of halogens is 1. The van der Waals surface area contributed by atoms with E-state index in [0.29, 0.717) is 0 Å². The molecule has 5 heteroatoms. The van der Waals surface area contributed by atoms with Gasteiger partial charge in [0, 0.05) is 23.0 Å². The van der Waals surface area contributed by atoms with Gasteiger partial charge in [0.05, 0.1) is 3.79 Å². The highest BCUT2D eigenvalue weighted by atomic mass is 79.9.